The molecule has 0 bridgehead atoms. The first-order valence-corrected chi connectivity index (χ1v) is 12.1. The second kappa shape index (κ2) is 9.54. The molecule has 4 rings (SSSR count). The van der Waals surface area contributed by atoms with Crippen molar-refractivity contribution in [1.29, 1.82) is 0 Å². The highest BCUT2D eigenvalue weighted by Crippen LogP contribution is 2.19. The minimum atomic E-state index is -3.70. The molecule has 1 heterocycles. The topological polar surface area (TPSA) is 69.7 Å². The Morgan fingerprint density at radius 3 is 2.28 bits per heavy atom. The predicted octanol–water partition coefficient (Wildman–Crippen LogP) is 3.75. The van der Waals surface area contributed by atoms with Gasteiger partial charge in [-0.15, -0.1) is 0 Å². The molecule has 1 aliphatic heterocycles. The summed E-state index contributed by atoms with van der Waals surface area (Å²) in [5.41, 5.74) is 3.44. The summed E-state index contributed by atoms with van der Waals surface area (Å²) in [7, 11) is -3.70. The van der Waals surface area contributed by atoms with Crippen LogP contribution in [0.15, 0.2) is 83.8 Å². The molecule has 1 fully saturated rings. The number of anilines is 1. The normalized spacial score (nSPS) is 14.8. The van der Waals surface area contributed by atoms with Gasteiger partial charge in [-0.2, -0.15) is 0 Å². The largest absolute Gasteiger partial charge is 0.336 e. The van der Waals surface area contributed by atoms with E-state index >= 15 is 0 Å². The summed E-state index contributed by atoms with van der Waals surface area (Å²) in [6.07, 6.45) is 0. The van der Waals surface area contributed by atoms with Crippen LogP contribution in [0.4, 0.5) is 5.69 Å². The fourth-order valence-electron chi connectivity index (χ4n) is 3.85. The van der Waals surface area contributed by atoms with Crippen molar-refractivity contribution in [3.8, 4) is 0 Å². The Labute approximate surface area is 189 Å². The zero-order valence-electron chi connectivity index (χ0n) is 18.1. The molecular formula is C25H27N3O3S. The fraction of sp³-hybridized carbons (Fsp3) is 0.240. The van der Waals surface area contributed by atoms with Gasteiger partial charge in [-0.1, -0.05) is 48.5 Å². The maximum absolute atomic E-state index is 13.0. The van der Waals surface area contributed by atoms with Gasteiger partial charge in [-0.25, -0.2) is 8.42 Å². The van der Waals surface area contributed by atoms with Gasteiger partial charge in [0, 0.05) is 44.0 Å². The number of carbonyl (C=O) groups is 1. The molecule has 0 aromatic heterocycles. The van der Waals surface area contributed by atoms with E-state index in [-0.39, 0.29) is 10.8 Å². The number of nitrogens with one attached hydrogen (secondary N) is 1. The average molecular weight is 450 g/mol. The van der Waals surface area contributed by atoms with Crippen LogP contribution < -0.4 is 4.72 Å². The molecule has 1 aliphatic rings. The summed E-state index contributed by atoms with van der Waals surface area (Å²) in [5.74, 6) is -0.0821. The van der Waals surface area contributed by atoms with Gasteiger partial charge in [0.1, 0.15) is 0 Å². The van der Waals surface area contributed by atoms with E-state index in [0.29, 0.717) is 24.3 Å². The van der Waals surface area contributed by atoms with Crippen LogP contribution >= 0.6 is 0 Å². The lowest BCUT2D eigenvalue weighted by molar-refractivity contribution is 0.0628. The molecule has 32 heavy (non-hydrogen) atoms. The van der Waals surface area contributed by atoms with Crippen LogP contribution in [0.1, 0.15) is 21.5 Å². The molecule has 0 aliphatic carbocycles. The lowest BCUT2D eigenvalue weighted by Crippen LogP contribution is -2.48. The van der Waals surface area contributed by atoms with Gasteiger partial charge < -0.3 is 4.90 Å². The number of benzene rings is 3. The van der Waals surface area contributed by atoms with Crippen LogP contribution in [-0.4, -0.2) is 50.3 Å². The lowest BCUT2D eigenvalue weighted by atomic mass is 10.1. The Bertz CT molecular complexity index is 1190. The Kier molecular flexibility index (Phi) is 6.58. The van der Waals surface area contributed by atoms with E-state index in [1.54, 1.807) is 42.5 Å². The monoisotopic (exact) mass is 449 g/mol. The molecule has 0 radical (unpaired) electrons. The Morgan fingerprint density at radius 1 is 0.875 bits per heavy atom. The molecule has 0 spiro atoms. The van der Waals surface area contributed by atoms with Gasteiger partial charge >= 0.3 is 0 Å². The number of rotatable bonds is 6. The molecule has 0 saturated carbocycles. The number of nitrogens with zero attached hydrogens (tertiary/aromatic N) is 2. The van der Waals surface area contributed by atoms with Crippen molar-refractivity contribution in [2.45, 2.75) is 18.4 Å². The second-order valence-electron chi connectivity index (χ2n) is 7.99. The molecular weight excluding hydrogens is 422 g/mol. The van der Waals surface area contributed by atoms with Crippen molar-refractivity contribution < 1.29 is 13.2 Å². The molecule has 3 aromatic rings. The summed E-state index contributed by atoms with van der Waals surface area (Å²) >= 11 is 0. The third-order valence-corrected chi connectivity index (χ3v) is 7.13. The highest BCUT2D eigenvalue weighted by molar-refractivity contribution is 7.92. The zero-order chi connectivity index (χ0) is 22.6. The van der Waals surface area contributed by atoms with Gasteiger partial charge in [0.25, 0.3) is 15.9 Å². The van der Waals surface area contributed by atoms with Crippen molar-refractivity contribution in [2.75, 3.05) is 30.9 Å². The van der Waals surface area contributed by atoms with Crippen LogP contribution in [0.25, 0.3) is 0 Å². The summed E-state index contributed by atoms with van der Waals surface area (Å²) in [4.78, 5) is 17.4. The van der Waals surface area contributed by atoms with Crippen LogP contribution in [0, 0.1) is 6.92 Å². The van der Waals surface area contributed by atoms with E-state index < -0.39 is 10.0 Å². The minimum Gasteiger partial charge on any atom is -0.336 e. The van der Waals surface area contributed by atoms with Crippen LogP contribution in [0.2, 0.25) is 0 Å². The molecule has 6 nitrogen and oxygen atoms in total. The van der Waals surface area contributed by atoms with Crippen molar-refractivity contribution in [1.82, 2.24) is 9.80 Å². The number of carbonyl (C=O) groups excluding carboxylic acids is 1. The maximum Gasteiger partial charge on any atom is 0.261 e. The van der Waals surface area contributed by atoms with Crippen LogP contribution in [0.5, 0.6) is 0 Å². The molecule has 7 heteroatoms. The Morgan fingerprint density at radius 2 is 1.56 bits per heavy atom. The van der Waals surface area contributed by atoms with Crippen molar-refractivity contribution in [3.63, 3.8) is 0 Å². The number of piperazine rings is 1. The number of hydrogen-bond acceptors (Lipinski definition) is 4. The number of hydrogen-bond donors (Lipinski definition) is 1. The first kappa shape index (κ1) is 22.0. The van der Waals surface area contributed by atoms with E-state index in [4.69, 9.17) is 0 Å². The SMILES string of the molecule is Cc1ccccc1CN1CCN(C(=O)c2cccc(NS(=O)(=O)c3ccccc3)c2)CC1. The van der Waals surface area contributed by atoms with E-state index in [9.17, 15) is 13.2 Å². The quantitative estimate of drug-likeness (QED) is 0.622. The molecule has 0 unspecified atom stereocenters. The first-order chi connectivity index (χ1) is 15.4. The molecule has 1 saturated heterocycles. The number of aryl methyl sites for hydroxylation is 1. The number of amides is 1. The highest BCUT2D eigenvalue weighted by Gasteiger charge is 2.23. The summed E-state index contributed by atoms with van der Waals surface area (Å²) < 4.78 is 27.7. The molecule has 166 valence electrons. The standard InChI is InChI=1S/C25H27N3O3S/c1-20-8-5-6-9-22(20)19-27-14-16-28(17-15-27)25(29)21-10-7-11-23(18-21)26-32(30,31)24-12-3-2-4-13-24/h2-13,18,26H,14-17,19H2,1H3. The van der Waals surface area contributed by atoms with Crippen molar-refractivity contribution in [2.24, 2.45) is 0 Å². The highest BCUT2D eigenvalue weighted by atomic mass is 32.2. The van der Waals surface area contributed by atoms with Gasteiger partial charge in [0.2, 0.25) is 0 Å². The van der Waals surface area contributed by atoms with Gasteiger partial charge in [0.15, 0.2) is 0 Å². The second-order valence-corrected chi connectivity index (χ2v) is 9.68. The van der Waals surface area contributed by atoms with E-state index in [0.717, 1.165) is 19.6 Å². The molecule has 1 N–H and O–H groups in total. The zero-order valence-corrected chi connectivity index (χ0v) is 18.9. The average Bonchev–Trinajstić information content (AvgIpc) is 2.81. The summed E-state index contributed by atoms with van der Waals surface area (Å²) in [6, 6.07) is 23.2. The predicted molar refractivity (Wildman–Crippen MR) is 126 cm³/mol. The lowest BCUT2D eigenvalue weighted by Gasteiger charge is -2.35. The summed E-state index contributed by atoms with van der Waals surface area (Å²) in [6.45, 7) is 5.90. The van der Waals surface area contributed by atoms with Gasteiger partial charge in [-0.05, 0) is 48.4 Å². The van der Waals surface area contributed by atoms with Gasteiger partial charge in [-0.3, -0.25) is 14.4 Å². The van der Waals surface area contributed by atoms with Crippen molar-refractivity contribution in [3.05, 3.63) is 95.6 Å². The third kappa shape index (κ3) is 5.18. The van der Waals surface area contributed by atoms with E-state index in [2.05, 4.69) is 34.7 Å². The van der Waals surface area contributed by atoms with Crippen LogP contribution in [-0.2, 0) is 16.6 Å². The molecule has 3 aromatic carbocycles. The maximum atomic E-state index is 13.0. The van der Waals surface area contributed by atoms with E-state index in [1.165, 1.54) is 23.3 Å². The summed E-state index contributed by atoms with van der Waals surface area (Å²) in [5, 5.41) is 0. The molecule has 1 amide bonds. The van der Waals surface area contributed by atoms with Crippen LogP contribution in [0.3, 0.4) is 0 Å². The fourth-order valence-corrected chi connectivity index (χ4v) is 4.92. The minimum absolute atomic E-state index is 0.0821. The Balaban J connectivity index is 1.39. The molecule has 0 atom stereocenters. The van der Waals surface area contributed by atoms with E-state index in [1.807, 2.05) is 11.0 Å². The third-order valence-electron chi connectivity index (χ3n) is 5.73. The smallest absolute Gasteiger partial charge is 0.261 e. The van der Waals surface area contributed by atoms with Crippen molar-refractivity contribution >= 4 is 21.6 Å². The Hall–Kier alpha value is -3.16. The van der Waals surface area contributed by atoms with Gasteiger partial charge in [0.05, 0.1) is 4.90 Å². The number of sulfonamides is 1. The first-order valence-electron chi connectivity index (χ1n) is 10.7.